The van der Waals surface area contributed by atoms with E-state index in [0.29, 0.717) is 30.0 Å². The van der Waals surface area contributed by atoms with Gasteiger partial charge in [-0.1, -0.05) is 6.42 Å². The summed E-state index contributed by atoms with van der Waals surface area (Å²) in [5.41, 5.74) is 1.93. The molecule has 6 nitrogen and oxygen atoms in total. The van der Waals surface area contributed by atoms with Crippen molar-refractivity contribution in [1.29, 1.82) is 0 Å². The van der Waals surface area contributed by atoms with Gasteiger partial charge in [0.25, 0.3) is 11.5 Å². The Hall–Kier alpha value is -3.29. The van der Waals surface area contributed by atoms with Crippen LogP contribution in [0.3, 0.4) is 0 Å². The molecule has 0 spiro atoms. The van der Waals surface area contributed by atoms with Crippen molar-refractivity contribution in [3.05, 3.63) is 81.8 Å². The second kappa shape index (κ2) is 7.44. The highest BCUT2D eigenvalue weighted by atomic mass is 19.1. The Bertz CT molecular complexity index is 1210. The Morgan fingerprint density at radius 3 is 2.52 bits per heavy atom. The summed E-state index contributed by atoms with van der Waals surface area (Å²) in [5, 5.41) is 0. The van der Waals surface area contributed by atoms with Gasteiger partial charge in [-0.05, 0) is 49.6 Å². The van der Waals surface area contributed by atoms with Crippen LogP contribution in [0.1, 0.15) is 46.9 Å². The molecule has 0 radical (unpaired) electrons. The molecule has 1 saturated carbocycles. The van der Waals surface area contributed by atoms with Gasteiger partial charge in [-0.15, -0.1) is 0 Å². The minimum Gasteiger partial charge on any atom is -0.332 e. The predicted octanol–water partition coefficient (Wildman–Crippen LogP) is 3.41. The molecule has 2 aromatic heterocycles. The van der Waals surface area contributed by atoms with E-state index in [1.807, 2.05) is 6.92 Å². The number of benzene rings is 1. The summed E-state index contributed by atoms with van der Waals surface area (Å²) < 4.78 is 30.7. The van der Waals surface area contributed by atoms with Crippen LogP contribution < -0.4 is 5.56 Å². The predicted molar refractivity (Wildman–Crippen MR) is 110 cm³/mol. The second-order valence-electron chi connectivity index (χ2n) is 8.29. The normalized spacial score (nSPS) is 20.9. The van der Waals surface area contributed by atoms with Crippen molar-refractivity contribution < 1.29 is 13.6 Å². The van der Waals surface area contributed by atoms with Crippen molar-refractivity contribution in [3.8, 4) is 5.69 Å². The number of amides is 1. The summed E-state index contributed by atoms with van der Waals surface area (Å²) in [7, 11) is 0. The standard InChI is InChI=1S/C23H22F2N4O2/c1-14-12-27(13-26-14)20-5-6-21-23(31)28(7-8-29(21)22(20)30)19-4-2-3-18(19)15-9-16(24)11-17(25)10-15/h5-6,9-13,18-19H,2-4,7-8H2,1H3/t18-,19-/m0/s1. The van der Waals surface area contributed by atoms with Crippen molar-refractivity contribution in [2.45, 2.75) is 44.7 Å². The fourth-order valence-corrected chi connectivity index (χ4v) is 4.99. The lowest BCUT2D eigenvalue weighted by atomic mass is 9.92. The van der Waals surface area contributed by atoms with E-state index >= 15 is 0 Å². The Morgan fingerprint density at radius 2 is 1.81 bits per heavy atom. The quantitative estimate of drug-likeness (QED) is 0.648. The third kappa shape index (κ3) is 3.36. The monoisotopic (exact) mass is 424 g/mol. The van der Waals surface area contributed by atoms with E-state index in [4.69, 9.17) is 0 Å². The lowest BCUT2D eigenvalue weighted by Gasteiger charge is -2.37. The molecule has 1 aliphatic heterocycles. The largest absolute Gasteiger partial charge is 0.332 e. The summed E-state index contributed by atoms with van der Waals surface area (Å²) in [6.07, 6.45) is 5.76. The number of imidazole rings is 1. The Kier molecular flexibility index (Phi) is 4.72. The SMILES string of the molecule is Cc1cn(-c2ccc3n(c2=O)CCN([C@H]2CCC[C@H]2c2cc(F)cc(F)c2)C3=O)cn1. The van der Waals surface area contributed by atoms with Crippen LogP contribution in [0.15, 0.2) is 47.7 Å². The highest BCUT2D eigenvalue weighted by molar-refractivity contribution is 5.93. The molecule has 1 aromatic carbocycles. The molecule has 1 fully saturated rings. The number of nitrogens with zero attached hydrogens (tertiary/aromatic N) is 4. The molecule has 160 valence electrons. The van der Waals surface area contributed by atoms with Crippen LogP contribution in [0.25, 0.3) is 5.69 Å². The van der Waals surface area contributed by atoms with Gasteiger partial charge < -0.3 is 14.0 Å². The van der Waals surface area contributed by atoms with E-state index in [2.05, 4.69) is 4.98 Å². The number of aromatic nitrogens is 3. The van der Waals surface area contributed by atoms with E-state index in [-0.39, 0.29) is 23.4 Å². The minimum atomic E-state index is -0.607. The van der Waals surface area contributed by atoms with Crippen molar-refractivity contribution >= 4 is 5.91 Å². The first-order chi connectivity index (χ1) is 14.9. The zero-order valence-electron chi connectivity index (χ0n) is 17.1. The average molecular weight is 424 g/mol. The zero-order chi connectivity index (χ0) is 21.7. The van der Waals surface area contributed by atoms with Crippen LogP contribution in [-0.2, 0) is 6.54 Å². The number of aryl methyl sites for hydroxylation is 1. The van der Waals surface area contributed by atoms with Crippen molar-refractivity contribution in [2.75, 3.05) is 6.54 Å². The van der Waals surface area contributed by atoms with Crippen LogP contribution in [0.4, 0.5) is 8.78 Å². The van der Waals surface area contributed by atoms with E-state index in [1.54, 1.807) is 34.1 Å². The zero-order valence-corrected chi connectivity index (χ0v) is 17.1. The molecule has 0 saturated heterocycles. The van der Waals surface area contributed by atoms with E-state index in [1.165, 1.54) is 16.7 Å². The number of fused-ring (bicyclic) bond motifs is 1. The third-order valence-electron chi connectivity index (χ3n) is 6.38. The highest BCUT2D eigenvalue weighted by Gasteiger charge is 2.38. The molecule has 2 atom stereocenters. The number of halogens is 2. The second-order valence-corrected chi connectivity index (χ2v) is 8.29. The van der Waals surface area contributed by atoms with Crippen molar-refractivity contribution in [3.63, 3.8) is 0 Å². The number of carbonyl (C=O) groups excluding carboxylic acids is 1. The fourth-order valence-electron chi connectivity index (χ4n) is 4.99. The van der Waals surface area contributed by atoms with Gasteiger partial charge in [0, 0.05) is 37.3 Å². The van der Waals surface area contributed by atoms with E-state index in [9.17, 15) is 18.4 Å². The first kappa shape index (κ1) is 19.7. The molecule has 5 rings (SSSR count). The van der Waals surface area contributed by atoms with Crippen molar-refractivity contribution in [1.82, 2.24) is 19.0 Å². The summed E-state index contributed by atoms with van der Waals surface area (Å²) in [5.74, 6) is -1.55. The van der Waals surface area contributed by atoms with Crippen LogP contribution in [0, 0.1) is 18.6 Å². The molecule has 3 heterocycles. The molecule has 0 bridgehead atoms. The Morgan fingerprint density at radius 1 is 1.03 bits per heavy atom. The fraction of sp³-hybridized carbons (Fsp3) is 0.348. The number of hydrogen-bond donors (Lipinski definition) is 0. The molecular weight excluding hydrogens is 402 g/mol. The molecule has 1 aliphatic carbocycles. The van der Waals surface area contributed by atoms with E-state index in [0.717, 1.165) is 31.0 Å². The van der Waals surface area contributed by atoms with Gasteiger partial charge in [0.05, 0.1) is 12.0 Å². The van der Waals surface area contributed by atoms with Crippen LogP contribution >= 0.6 is 0 Å². The molecule has 0 unspecified atom stereocenters. The van der Waals surface area contributed by atoms with Gasteiger partial charge in [-0.25, -0.2) is 13.8 Å². The number of pyridine rings is 1. The van der Waals surface area contributed by atoms with Crippen LogP contribution in [-0.4, -0.2) is 37.5 Å². The minimum absolute atomic E-state index is 0.124. The molecule has 8 heteroatoms. The maximum atomic E-state index is 13.8. The summed E-state index contributed by atoms with van der Waals surface area (Å²) >= 11 is 0. The molecule has 3 aromatic rings. The van der Waals surface area contributed by atoms with Gasteiger partial charge in [0.15, 0.2) is 0 Å². The van der Waals surface area contributed by atoms with Gasteiger partial charge in [0.2, 0.25) is 0 Å². The molecule has 2 aliphatic rings. The number of rotatable bonds is 3. The van der Waals surface area contributed by atoms with Gasteiger partial charge >= 0.3 is 0 Å². The lowest BCUT2D eigenvalue weighted by Crippen LogP contribution is -2.50. The summed E-state index contributed by atoms with van der Waals surface area (Å²) in [6, 6.07) is 6.75. The summed E-state index contributed by atoms with van der Waals surface area (Å²) in [4.78, 5) is 32.3. The molecular formula is C23H22F2N4O2. The van der Waals surface area contributed by atoms with Crippen LogP contribution in [0.5, 0.6) is 0 Å². The molecule has 31 heavy (non-hydrogen) atoms. The lowest BCUT2D eigenvalue weighted by molar-refractivity contribution is 0.0600. The van der Waals surface area contributed by atoms with Crippen LogP contribution in [0.2, 0.25) is 0 Å². The van der Waals surface area contributed by atoms with Gasteiger partial charge in [0.1, 0.15) is 23.0 Å². The number of carbonyl (C=O) groups is 1. The third-order valence-corrected chi connectivity index (χ3v) is 6.38. The Balaban J connectivity index is 1.47. The Labute approximate surface area is 177 Å². The topological polar surface area (TPSA) is 60.1 Å². The molecule has 0 N–H and O–H groups in total. The average Bonchev–Trinajstić information content (AvgIpc) is 3.37. The van der Waals surface area contributed by atoms with E-state index < -0.39 is 11.6 Å². The maximum absolute atomic E-state index is 13.8. The number of hydrogen-bond acceptors (Lipinski definition) is 3. The van der Waals surface area contributed by atoms with Gasteiger partial charge in [-0.3, -0.25) is 9.59 Å². The first-order valence-electron chi connectivity index (χ1n) is 10.4. The molecule has 1 amide bonds. The highest BCUT2D eigenvalue weighted by Crippen LogP contribution is 2.39. The first-order valence-corrected chi connectivity index (χ1v) is 10.4. The summed E-state index contributed by atoms with van der Waals surface area (Å²) in [6.45, 7) is 2.61. The maximum Gasteiger partial charge on any atom is 0.275 e. The van der Waals surface area contributed by atoms with Gasteiger partial charge in [-0.2, -0.15) is 0 Å². The smallest absolute Gasteiger partial charge is 0.275 e. The van der Waals surface area contributed by atoms with Crippen molar-refractivity contribution in [2.24, 2.45) is 0 Å².